The second kappa shape index (κ2) is 5.02. The lowest BCUT2D eigenvalue weighted by molar-refractivity contribution is 0.384. The first-order valence-electron chi connectivity index (χ1n) is 6.12. The fourth-order valence-electron chi connectivity index (χ4n) is 1.89. The van der Waals surface area contributed by atoms with Crippen molar-refractivity contribution in [1.29, 1.82) is 5.26 Å². The zero-order valence-corrected chi connectivity index (χ0v) is 10.8. The van der Waals surface area contributed by atoms with E-state index in [2.05, 4.69) is 16.2 Å². The molecule has 0 unspecified atom stereocenters. The molecule has 5 nitrogen and oxygen atoms in total. The minimum atomic E-state index is 0.455. The van der Waals surface area contributed by atoms with Crippen LogP contribution in [0, 0.1) is 18.3 Å². The number of furan rings is 1. The normalized spacial score (nSPS) is 10.4. The predicted octanol–water partition coefficient (Wildman–Crippen LogP) is 3.10. The highest BCUT2D eigenvalue weighted by molar-refractivity contribution is 5.51. The van der Waals surface area contributed by atoms with Crippen molar-refractivity contribution in [2.75, 3.05) is 0 Å². The van der Waals surface area contributed by atoms with Gasteiger partial charge in [0.2, 0.25) is 11.7 Å². The van der Waals surface area contributed by atoms with Gasteiger partial charge in [0.15, 0.2) is 5.76 Å². The molecule has 0 aliphatic rings. The lowest BCUT2D eigenvalue weighted by atomic mass is 10.1. The van der Waals surface area contributed by atoms with Gasteiger partial charge in [0.1, 0.15) is 0 Å². The van der Waals surface area contributed by atoms with Gasteiger partial charge in [0, 0.05) is 0 Å². The summed E-state index contributed by atoms with van der Waals surface area (Å²) < 4.78 is 10.5. The van der Waals surface area contributed by atoms with Crippen LogP contribution in [0.15, 0.2) is 45.5 Å². The van der Waals surface area contributed by atoms with Gasteiger partial charge in [-0.05, 0) is 36.2 Å². The molecule has 0 N–H and O–H groups in total. The Morgan fingerprint density at radius 3 is 2.65 bits per heavy atom. The quantitative estimate of drug-likeness (QED) is 0.727. The fraction of sp³-hybridized carbons (Fsp3) is 0.133. The van der Waals surface area contributed by atoms with Crippen molar-refractivity contribution in [3.63, 3.8) is 0 Å². The van der Waals surface area contributed by atoms with Gasteiger partial charge in [-0.1, -0.05) is 17.3 Å². The summed E-state index contributed by atoms with van der Waals surface area (Å²) >= 11 is 0. The minimum Gasteiger partial charge on any atom is -0.461 e. The molecule has 0 amide bonds. The zero-order chi connectivity index (χ0) is 13.9. The van der Waals surface area contributed by atoms with Gasteiger partial charge in [0.25, 0.3) is 0 Å². The van der Waals surface area contributed by atoms with Crippen LogP contribution >= 0.6 is 0 Å². The monoisotopic (exact) mass is 265 g/mol. The number of hydrogen-bond donors (Lipinski definition) is 0. The predicted molar refractivity (Wildman–Crippen MR) is 70.7 cm³/mol. The van der Waals surface area contributed by atoms with E-state index < -0.39 is 0 Å². The first-order valence-corrected chi connectivity index (χ1v) is 6.12. The number of hydrogen-bond acceptors (Lipinski definition) is 5. The molecule has 5 heteroatoms. The van der Waals surface area contributed by atoms with Crippen molar-refractivity contribution in [2.24, 2.45) is 0 Å². The number of benzene rings is 1. The summed E-state index contributed by atoms with van der Waals surface area (Å²) in [6.07, 6.45) is 2.12. The van der Waals surface area contributed by atoms with Gasteiger partial charge in [-0.2, -0.15) is 10.2 Å². The number of aryl methyl sites for hydroxylation is 1. The largest absolute Gasteiger partial charge is 0.461 e. The van der Waals surface area contributed by atoms with Crippen molar-refractivity contribution in [1.82, 2.24) is 10.1 Å². The summed E-state index contributed by atoms with van der Waals surface area (Å²) in [5.41, 5.74) is 2.61. The van der Waals surface area contributed by atoms with Gasteiger partial charge in [0.05, 0.1) is 24.3 Å². The number of rotatable bonds is 3. The van der Waals surface area contributed by atoms with Crippen molar-refractivity contribution in [2.45, 2.75) is 13.3 Å². The Bertz CT molecular complexity index is 763. The molecule has 1 aromatic carbocycles. The smallest absolute Gasteiger partial charge is 0.238 e. The van der Waals surface area contributed by atoms with E-state index in [1.54, 1.807) is 18.4 Å². The molecular weight excluding hydrogens is 254 g/mol. The molecule has 20 heavy (non-hydrogen) atoms. The molecule has 0 aliphatic heterocycles. The molecule has 0 bridgehead atoms. The van der Waals surface area contributed by atoms with Crippen LogP contribution in [0.4, 0.5) is 0 Å². The number of nitrogens with zero attached hydrogens (tertiary/aromatic N) is 3. The maximum atomic E-state index is 8.75. The Balaban J connectivity index is 1.80. The summed E-state index contributed by atoms with van der Waals surface area (Å²) in [6, 6.07) is 11.2. The Hall–Kier alpha value is -2.87. The van der Waals surface area contributed by atoms with Crippen LogP contribution in [0.3, 0.4) is 0 Å². The Kier molecular flexibility index (Phi) is 3.05. The molecule has 0 radical (unpaired) electrons. The molecule has 3 rings (SSSR count). The van der Waals surface area contributed by atoms with E-state index in [1.165, 1.54) is 0 Å². The second-order valence-corrected chi connectivity index (χ2v) is 4.43. The van der Waals surface area contributed by atoms with Gasteiger partial charge in [-0.25, -0.2) is 0 Å². The second-order valence-electron chi connectivity index (χ2n) is 4.43. The molecule has 0 atom stereocenters. The van der Waals surface area contributed by atoms with E-state index in [-0.39, 0.29) is 0 Å². The van der Waals surface area contributed by atoms with E-state index in [9.17, 15) is 0 Å². The zero-order valence-electron chi connectivity index (χ0n) is 10.8. The summed E-state index contributed by atoms with van der Waals surface area (Å²) in [5, 5.41) is 12.7. The van der Waals surface area contributed by atoms with E-state index in [0.717, 1.165) is 11.1 Å². The Morgan fingerprint density at radius 2 is 2.00 bits per heavy atom. The van der Waals surface area contributed by atoms with Gasteiger partial charge in [-0.3, -0.25) is 0 Å². The molecule has 0 saturated carbocycles. The highest BCUT2D eigenvalue weighted by Crippen LogP contribution is 2.21. The van der Waals surface area contributed by atoms with Crippen LogP contribution in [0.25, 0.3) is 11.6 Å². The van der Waals surface area contributed by atoms with E-state index >= 15 is 0 Å². The van der Waals surface area contributed by atoms with Crippen molar-refractivity contribution < 1.29 is 8.94 Å². The number of aromatic nitrogens is 2. The van der Waals surface area contributed by atoms with Crippen LogP contribution in [0.2, 0.25) is 0 Å². The third-order valence-electron chi connectivity index (χ3n) is 2.97. The van der Waals surface area contributed by atoms with Gasteiger partial charge >= 0.3 is 0 Å². The first-order chi connectivity index (χ1) is 9.76. The summed E-state index contributed by atoms with van der Waals surface area (Å²) in [7, 11) is 0. The lowest BCUT2D eigenvalue weighted by Crippen LogP contribution is -1.89. The van der Waals surface area contributed by atoms with Crippen molar-refractivity contribution in [3.05, 3.63) is 59.2 Å². The van der Waals surface area contributed by atoms with Crippen molar-refractivity contribution in [3.8, 4) is 17.7 Å². The molecule has 0 saturated heterocycles. The van der Waals surface area contributed by atoms with Crippen LogP contribution in [0.5, 0.6) is 0 Å². The maximum absolute atomic E-state index is 8.75. The van der Waals surface area contributed by atoms with Crippen LogP contribution < -0.4 is 0 Å². The Morgan fingerprint density at radius 1 is 1.20 bits per heavy atom. The van der Waals surface area contributed by atoms with Crippen molar-refractivity contribution >= 4 is 0 Å². The van der Waals surface area contributed by atoms with Crippen LogP contribution in [-0.2, 0) is 6.42 Å². The first kappa shape index (κ1) is 12.2. The summed E-state index contributed by atoms with van der Waals surface area (Å²) in [6.45, 7) is 1.93. The van der Waals surface area contributed by atoms with E-state index in [1.807, 2.05) is 25.1 Å². The fourth-order valence-corrected chi connectivity index (χ4v) is 1.89. The highest BCUT2D eigenvalue weighted by atomic mass is 16.5. The summed E-state index contributed by atoms with van der Waals surface area (Å²) in [4.78, 5) is 4.31. The molecule has 0 spiro atoms. The molecule has 3 aromatic rings. The minimum absolute atomic E-state index is 0.455. The molecule has 2 aromatic heterocycles. The standard InChI is InChI=1S/C15H11N3O2/c1-10-6-7-19-14(10)15-17-13(20-18-15)8-11-2-4-12(9-16)5-3-11/h2-7H,8H2,1H3. The van der Waals surface area contributed by atoms with Gasteiger partial charge in [-0.15, -0.1) is 0 Å². The molecule has 98 valence electrons. The number of nitriles is 1. The van der Waals surface area contributed by atoms with Crippen LogP contribution in [0.1, 0.15) is 22.6 Å². The maximum Gasteiger partial charge on any atom is 0.238 e. The van der Waals surface area contributed by atoms with E-state index in [0.29, 0.717) is 29.5 Å². The SMILES string of the molecule is Cc1ccoc1-c1noc(Cc2ccc(C#N)cc2)n1. The average Bonchev–Trinajstić information content (AvgIpc) is 3.08. The third kappa shape index (κ3) is 2.31. The van der Waals surface area contributed by atoms with Gasteiger partial charge < -0.3 is 8.94 Å². The summed E-state index contributed by atoms with van der Waals surface area (Å²) in [5.74, 6) is 1.59. The molecular formula is C15H11N3O2. The average molecular weight is 265 g/mol. The third-order valence-corrected chi connectivity index (χ3v) is 2.97. The lowest BCUT2D eigenvalue weighted by Gasteiger charge is -1.95. The topological polar surface area (TPSA) is 75.8 Å². The van der Waals surface area contributed by atoms with E-state index in [4.69, 9.17) is 14.2 Å². The van der Waals surface area contributed by atoms with Crippen LogP contribution in [-0.4, -0.2) is 10.1 Å². The highest BCUT2D eigenvalue weighted by Gasteiger charge is 2.13. The molecule has 0 fully saturated rings. The Labute approximate surface area is 115 Å². The molecule has 2 heterocycles. The molecule has 0 aliphatic carbocycles.